The molecule has 0 radical (unpaired) electrons. The van der Waals surface area contributed by atoms with Crippen molar-refractivity contribution in [3.05, 3.63) is 63.7 Å². The summed E-state index contributed by atoms with van der Waals surface area (Å²) in [7, 11) is 0. The Kier molecular flexibility index (Phi) is 3.25. The number of hydrogen-bond donors (Lipinski definition) is 2. The molecule has 0 saturated heterocycles. The van der Waals surface area contributed by atoms with Crippen molar-refractivity contribution in [1.29, 1.82) is 0 Å². The highest BCUT2D eigenvalue weighted by molar-refractivity contribution is 6.08. The van der Waals surface area contributed by atoms with Gasteiger partial charge in [0.2, 0.25) is 22.7 Å². The SMILES string of the molecule is O=C(c1ccccc1)c1oc(CO)cc(=O)c1O. The summed E-state index contributed by atoms with van der Waals surface area (Å²) < 4.78 is 5.00. The molecule has 0 aliphatic heterocycles. The molecule has 92 valence electrons. The first-order chi connectivity index (χ1) is 8.63. The Balaban J connectivity index is 2.55. The van der Waals surface area contributed by atoms with Crippen LogP contribution in [0, 0.1) is 0 Å². The van der Waals surface area contributed by atoms with E-state index in [1.54, 1.807) is 18.2 Å². The van der Waals surface area contributed by atoms with Gasteiger partial charge in [0.1, 0.15) is 12.4 Å². The van der Waals surface area contributed by atoms with Crippen molar-refractivity contribution in [3.63, 3.8) is 0 Å². The van der Waals surface area contributed by atoms with Crippen LogP contribution < -0.4 is 5.43 Å². The minimum atomic E-state index is -0.760. The summed E-state index contributed by atoms with van der Waals surface area (Å²) in [6.07, 6.45) is 0. The van der Waals surface area contributed by atoms with Gasteiger partial charge in [-0.2, -0.15) is 0 Å². The maximum absolute atomic E-state index is 12.0. The fraction of sp³-hybridized carbons (Fsp3) is 0.0769. The normalized spacial score (nSPS) is 10.3. The lowest BCUT2D eigenvalue weighted by molar-refractivity contribution is 0.0995. The first kappa shape index (κ1) is 12.1. The van der Waals surface area contributed by atoms with E-state index >= 15 is 0 Å². The zero-order valence-electron chi connectivity index (χ0n) is 9.29. The van der Waals surface area contributed by atoms with Crippen LogP contribution in [0.3, 0.4) is 0 Å². The van der Waals surface area contributed by atoms with Gasteiger partial charge in [-0.15, -0.1) is 0 Å². The first-order valence-corrected chi connectivity index (χ1v) is 5.20. The zero-order chi connectivity index (χ0) is 13.1. The average molecular weight is 246 g/mol. The van der Waals surface area contributed by atoms with E-state index in [-0.39, 0.29) is 11.3 Å². The molecule has 5 nitrogen and oxygen atoms in total. The van der Waals surface area contributed by atoms with Crippen molar-refractivity contribution in [3.8, 4) is 5.75 Å². The molecule has 5 heteroatoms. The van der Waals surface area contributed by atoms with Gasteiger partial charge in [0, 0.05) is 11.6 Å². The second kappa shape index (κ2) is 4.85. The molecular formula is C13H10O5. The highest BCUT2D eigenvalue weighted by Gasteiger charge is 2.19. The molecule has 1 aromatic heterocycles. The number of hydrogen-bond acceptors (Lipinski definition) is 5. The maximum atomic E-state index is 12.0. The first-order valence-electron chi connectivity index (χ1n) is 5.20. The molecule has 0 bridgehead atoms. The fourth-order valence-electron chi connectivity index (χ4n) is 1.49. The number of benzene rings is 1. The smallest absolute Gasteiger partial charge is 0.232 e. The molecule has 18 heavy (non-hydrogen) atoms. The Morgan fingerprint density at radius 3 is 2.50 bits per heavy atom. The predicted octanol–water partition coefficient (Wildman–Crippen LogP) is 1.07. The van der Waals surface area contributed by atoms with Crippen LogP contribution in [0.25, 0.3) is 0 Å². The van der Waals surface area contributed by atoms with E-state index < -0.39 is 29.3 Å². The molecule has 0 fully saturated rings. The van der Waals surface area contributed by atoms with E-state index in [1.165, 1.54) is 12.1 Å². The van der Waals surface area contributed by atoms with Gasteiger partial charge in [-0.25, -0.2) is 0 Å². The van der Waals surface area contributed by atoms with Crippen molar-refractivity contribution >= 4 is 5.78 Å². The molecule has 2 aromatic rings. The number of aliphatic hydroxyl groups excluding tert-OH is 1. The fourth-order valence-corrected chi connectivity index (χ4v) is 1.49. The van der Waals surface area contributed by atoms with Gasteiger partial charge in [0.05, 0.1) is 0 Å². The van der Waals surface area contributed by atoms with E-state index in [2.05, 4.69) is 0 Å². The molecule has 0 saturated carbocycles. The Hall–Kier alpha value is -2.40. The maximum Gasteiger partial charge on any atom is 0.232 e. The number of ketones is 1. The summed E-state index contributed by atoms with van der Waals surface area (Å²) in [6, 6.07) is 9.05. The third kappa shape index (κ3) is 2.16. The van der Waals surface area contributed by atoms with Gasteiger partial charge in [0.15, 0.2) is 0 Å². The van der Waals surface area contributed by atoms with Gasteiger partial charge < -0.3 is 14.6 Å². The second-order valence-electron chi connectivity index (χ2n) is 3.61. The molecule has 2 rings (SSSR count). The summed E-state index contributed by atoms with van der Waals surface area (Å²) in [5, 5.41) is 18.4. The van der Waals surface area contributed by atoms with Crippen molar-refractivity contribution < 1.29 is 19.4 Å². The van der Waals surface area contributed by atoms with Crippen LogP contribution in [-0.4, -0.2) is 16.0 Å². The summed E-state index contributed by atoms with van der Waals surface area (Å²) in [5.41, 5.74) is -0.476. The summed E-state index contributed by atoms with van der Waals surface area (Å²) >= 11 is 0. The molecular weight excluding hydrogens is 236 g/mol. The molecule has 0 atom stereocenters. The van der Waals surface area contributed by atoms with Crippen LogP contribution in [0.5, 0.6) is 5.75 Å². The Morgan fingerprint density at radius 2 is 1.89 bits per heavy atom. The predicted molar refractivity (Wildman–Crippen MR) is 62.4 cm³/mol. The summed E-state index contributed by atoms with van der Waals surface area (Å²) in [6.45, 7) is -0.523. The number of carbonyl (C=O) groups excluding carboxylic acids is 1. The lowest BCUT2D eigenvalue weighted by Gasteiger charge is -2.04. The van der Waals surface area contributed by atoms with Gasteiger partial charge in [-0.1, -0.05) is 30.3 Å². The Morgan fingerprint density at radius 1 is 1.22 bits per heavy atom. The van der Waals surface area contributed by atoms with E-state index in [4.69, 9.17) is 9.52 Å². The highest BCUT2D eigenvalue weighted by atomic mass is 16.4. The molecule has 1 heterocycles. The molecule has 0 unspecified atom stereocenters. The topological polar surface area (TPSA) is 87.7 Å². The van der Waals surface area contributed by atoms with Crippen LogP contribution in [0.1, 0.15) is 21.9 Å². The highest BCUT2D eigenvalue weighted by Crippen LogP contribution is 2.18. The number of carbonyl (C=O) groups is 1. The van der Waals surface area contributed by atoms with Gasteiger partial charge in [-0.3, -0.25) is 9.59 Å². The lowest BCUT2D eigenvalue weighted by atomic mass is 10.1. The lowest BCUT2D eigenvalue weighted by Crippen LogP contribution is -2.10. The quantitative estimate of drug-likeness (QED) is 0.791. The largest absolute Gasteiger partial charge is 0.501 e. The number of rotatable bonds is 3. The molecule has 0 spiro atoms. The van der Waals surface area contributed by atoms with E-state index in [9.17, 15) is 14.7 Å². The van der Waals surface area contributed by atoms with E-state index in [0.717, 1.165) is 6.07 Å². The van der Waals surface area contributed by atoms with Crippen molar-refractivity contribution in [2.75, 3.05) is 0 Å². The van der Waals surface area contributed by atoms with Gasteiger partial charge in [-0.05, 0) is 0 Å². The average Bonchev–Trinajstić information content (AvgIpc) is 2.42. The molecule has 1 aromatic carbocycles. The van der Waals surface area contributed by atoms with Crippen LogP contribution in [-0.2, 0) is 6.61 Å². The minimum Gasteiger partial charge on any atom is -0.501 e. The minimum absolute atomic E-state index is 0.0721. The van der Waals surface area contributed by atoms with Crippen LogP contribution in [0.4, 0.5) is 0 Å². The van der Waals surface area contributed by atoms with Crippen molar-refractivity contribution in [2.24, 2.45) is 0 Å². The van der Waals surface area contributed by atoms with E-state index in [0.29, 0.717) is 0 Å². The Bertz CT molecular complexity index is 628. The second-order valence-corrected chi connectivity index (χ2v) is 3.61. The number of aromatic hydroxyl groups is 1. The third-order valence-electron chi connectivity index (χ3n) is 2.37. The van der Waals surface area contributed by atoms with Gasteiger partial charge in [0.25, 0.3) is 0 Å². The van der Waals surface area contributed by atoms with Crippen LogP contribution >= 0.6 is 0 Å². The van der Waals surface area contributed by atoms with Crippen molar-refractivity contribution in [2.45, 2.75) is 6.61 Å². The third-order valence-corrected chi connectivity index (χ3v) is 2.37. The van der Waals surface area contributed by atoms with Gasteiger partial charge >= 0.3 is 0 Å². The van der Waals surface area contributed by atoms with E-state index in [1.807, 2.05) is 0 Å². The number of aliphatic hydroxyl groups is 1. The molecule has 0 amide bonds. The summed E-state index contributed by atoms with van der Waals surface area (Å²) in [4.78, 5) is 23.4. The summed E-state index contributed by atoms with van der Waals surface area (Å²) in [5.74, 6) is -1.89. The van der Waals surface area contributed by atoms with Crippen molar-refractivity contribution in [1.82, 2.24) is 0 Å². The standard InChI is InChI=1S/C13H10O5/c14-7-9-6-10(15)12(17)13(18-9)11(16)8-4-2-1-3-5-8/h1-6,14,17H,7H2. The molecule has 0 aliphatic carbocycles. The Labute approximate surface area is 102 Å². The monoisotopic (exact) mass is 246 g/mol. The van der Waals surface area contributed by atoms with Crippen LogP contribution in [0.15, 0.2) is 45.6 Å². The van der Waals surface area contributed by atoms with Crippen LogP contribution in [0.2, 0.25) is 0 Å². The molecule has 2 N–H and O–H groups in total. The molecule has 0 aliphatic rings. The zero-order valence-corrected chi connectivity index (χ0v) is 9.29.